The number of halogens is 3. The Morgan fingerprint density at radius 3 is 2.64 bits per heavy atom. The number of hydrogen-bond donors (Lipinski definition) is 1. The molecule has 1 aromatic heterocycles. The molecule has 4 nitrogen and oxygen atoms in total. The molecule has 0 spiro atoms. The Hall–Kier alpha value is -1.75. The molecule has 0 aliphatic heterocycles. The normalized spacial score (nSPS) is 10.9. The van der Waals surface area contributed by atoms with E-state index in [0.717, 1.165) is 11.0 Å². The lowest BCUT2D eigenvalue weighted by Gasteiger charge is -2.09. The summed E-state index contributed by atoms with van der Waals surface area (Å²) in [7, 11) is 0. The lowest BCUT2D eigenvalue weighted by molar-refractivity contribution is -0.116. The van der Waals surface area contributed by atoms with Crippen molar-refractivity contribution in [2.24, 2.45) is 0 Å². The van der Waals surface area contributed by atoms with Gasteiger partial charge in [0, 0.05) is 0 Å². The van der Waals surface area contributed by atoms with Gasteiger partial charge < -0.3 is 9.88 Å². The minimum absolute atomic E-state index is 0.122. The van der Waals surface area contributed by atoms with Crippen molar-refractivity contribution >= 4 is 57.4 Å². The van der Waals surface area contributed by atoms with Crippen LogP contribution in [0.5, 0.6) is 0 Å². The van der Waals surface area contributed by atoms with Gasteiger partial charge in [0.15, 0.2) is 0 Å². The molecule has 0 aliphatic rings. The summed E-state index contributed by atoms with van der Waals surface area (Å²) >= 11 is 17.8. The summed E-state index contributed by atoms with van der Waals surface area (Å²) in [6, 6.07) is 10.6. The third kappa shape index (κ3) is 3.04. The molecule has 1 heterocycles. The Balaban J connectivity index is 1.80. The van der Waals surface area contributed by atoms with E-state index < -0.39 is 0 Å². The third-order valence-corrected chi connectivity index (χ3v) is 4.16. The summed E-state index contributed by atoms with van der Waals surface area (Å²) in [5, 5.41) is 3.72. The van der Waals surface area contributed by atoms with Crippen LogP contribution in [0.2, 0.25) is 15.1 Å². The van der Waals surface area contributed by atoms with Gasteiger partial charge in [0.2, 0.25) is 5.91 Å². The number of benzene rings is 2. The van der Waals surface area contributed by atoms with Gasteiger partial charge in [0.1, 0.15) is 6.54 Å². The average Bonchev–Trinajstić information content (AvgIpc) is 2.88. The Kier molecular flexibility index (Phi) is 4.25. The van der Waals surface area contributed by atoms with Crippen LogP contribution in [0.1, 0.15) is 0 Å². The van der Waals surface area contributed by atoms with E-state index in [-0.39, 0.29) is 12.5 Å². The Labute approximate surface area is 141 Å². The van der Waals surface area contributed by atoms with Crippen LogP contribution in [0.4, 0.5) is 5.69 Å². The predicted molar refractivity (Wildman–Crippen MR) is 89.8 cm³/mol. The lowest BCUT2D eigenvalue weighted by atomic mass is 10.3. The molecule has 3 rings (SSSR count). The van der Waals surface area contributed by atoms with Gasteiger partial charge in [-0.05, 0) is 24.3 Å². The fourth-order valence-electron chi connectivity index (χ4n) is 2.10. The quantitative estimate of drug-likeness (QED) is 0.697. The lowest BCUT2D eigenvalue weighted by Crippen LogP contribution is -2.18. The number of imidazole rings is 1. The first-order valence-corrected chi connectivity index (χ1v) is 7.52. The Morgan fingerprint density at radius 2 is 1.82 bits per heavy atom. The molecule has 1 N–H and O–H groups in total. The molecule has 0 bridgehead atoms. The number of para-hydroxylation sites is 2. The van der Waals surface area contributed by atoms with E-state index in [1.807, 2.05) is 24.3 Å². The highest BCUT2D eigenvalue weighted by Gasteiger charge is 2.11. The molecule has 22 heavy (non-hydrogen) atoms. The van der Waals surface area contributed by atoms with Gasteiger partial charge in [-0.1, -0.05) is 46.9 Å². The molecule has 0 atom stereocenters. The van der Waals surface area contributed by atoms with Gasteiger partial charge in [-0.25, -0.2) is 4.98 Å². The fraction of sp³-hybridized carbons (Fsp3) is 0.0667. The minimum atomic E-state index is -0.233. The number of anilines is 1. The van der Waals surface area contributed by atoms with E-state index in [4.69, 9.17) is 34.8 Å². The number of nitrogens with one attached hydrogen (secondary N) is 1. The first-order chi connectivity index (χ1) is 10.5. The van der Waals surface area contributed by atoms with Crippen molar-refractivity contribution in [1.82, 2.24) is 9.55 Å². The monoisotopic (exact) mass is 353 g/mol. The zero-order valence-electron chi connectivity index (χ0n) is 11.2. The molecular weight excluding hydrogens is 345 g/mol. The van der Waals surface area contributed by atoms with Gasteiger partial charge in [-0.15, -0.1) is 0 Å². The molecule has 0 saturated heterocycles. The van der Waals surface area contributed by atoms with Crippen molar-refractivity contribution < 1.29 is 4.79 Å². The van der Waals surface area contributed by atoms with Crippen LogP contribution in [-0.4, -0.2) is 15.5 Å². The number of carbonyl (C=O) groups excluding carboxylic acids is 1. The molecular formula is C15H10Cl3N3O. The highest BCUT2D eigenvalue weighted by atomic mass is 35.5. The summed E-state index contributed by atoms with van der Waals surface area (Å²) in [6.45, 7) is 0.122. The van der Waals surface area contributed by atoms with Crippen molar-refractivity contribution in [1.29, 1.82) is 0 Å². The van der Waals surface area contributed by atoms with Crippen LogP contribution in [0.15, 0.2) is 42.7 Å². The van der Waals surface area contributed by atoms with Crippen molar-refractivity contribution in [2.75, 3.05) is 5.32 Å². The maximum absolute atomic E-state index is 12.2. The third-order valence-electron chi connectivity index (χ3n) is 3.13. The number of fused-ring (bicyclic) bond motifs is 1. The zero-order chi connectivity index (χ0) is 15.7. The molecule has 3 aromatic rings. The first kappa shape index (κ1) is 15.2. The fourth-order valence-corrected chi connectivity index (χ4v) is 2.69. The van der Waals surface area contributed by atoms with E-state index in [0.29, 0.717) is 20.8 Å². The van der Waals surface area contributed by atoms with E-state index in [1.165, 1.54) is 12.1 Å². The molecule has 0 saturated carbocycles. The standard InChI is InChI=1S/C15H10Cl3N3O/c16-9-5-11(18)13(6-10(9)17)20-15(22)7-21-8-19-12-3-1-2-4-14(12)21/h1-6,8H,7H2,(H,20,22). The van der Waals surface area contributed by atoms with Gasteiger partial charge in [-0.3, -0.25) is 4.79 Å². The summed E-state index contributed by atoms with van der Waals surface area (Å²) in [6.07, 6.45) is 1.63. The second kappa shape index (κ2) is 6.16. The van der Waals surface area contributed by atoms with Crippen LogP contribution in [-0.2, 0) is 11.3 Å². The van der Waals surface area contributed by atoms with E-state index in [2.05, 4.69) is 10.3 Å². The summed E-state index contributed by atoms with van der Waals surface area (Å²) in [5.74, 6) is -0.233. The van der Waals surface area contributed by atoms with Crippen molar-refractivity contribution in [2.45, 2.75) is 6.54 Å². The van der Waals surface area contributed by atoms with Crippen molar-refractivity contribution in [3.05, 3.63) is 57.8 Å². The Morgan fingerprint density at radius 1 is 1.09 bits per heavy atom. The molecule has 7 heteroatoms. The number of hydrogen-bond acceptors (Lipinski definition) is 2. The molecule has 1 amide bonds. The van der Waals surface area contributed by atoms with Gasteiger partial charge in [-0.2, -0.15) is 0 Å². The topological polar surface area (TPSA) is 46.9 Å². The van der Waals surface area contributed by atoms with E-state index >= 15 is 0 Å². The van der Waals surface area contributed by atoms with E-state index in [9.17, 15) is 4.79 Å². The highest BCUT2D eigenvalue weighted by molar-refractivity contribution is 6.44. The van der Waals surface area contributed by atoms with Gasteiger partial charge in [0.25, 0.3) is 0 Å². The second-order valence-corrected chi connectivity index (χ2v) is 5.88. The number of nitrogens with zero attached hydrogens (tertiary/aromatic N) is 2. The van der Waals surface area contributed by atoms with Gasteiger partial charge in [0.05, 0.1) is 38.1 Å². The highest BCUT2D eigenvalue weighted by Crippen LogP contribution is 2.32. The number of carbonyl (C=O) groups is 1. The minimum Gasteiger partial charge on any atom is -0.323 e. The van der Waals surface area contributed by atoms with E-state index in [1.54, 1.807) is 10.9 Å². The average molecular weight is 355 g/mol. The van der Waals surface area contributed by atoms with Crippen molar-refractivity contribution in [3.63, 3.8) is 0 Å². The molecule has 0 radical (unpaired) electrons. The summed E-state index contributed by atoms with van der Waals surface area (Å²) in [4.78, 5) is 16.4. The number of amides is 1. The number of aromatic nitrogens is 2. The summed E-state index contributed by atoms with van der Waals surface area (Å²) in [5.41, 5.74) is 2.14. The molecule has 0 fully saturated rings. The van der Waals surface area contributed by atoms with Gasteiger partial charge >= 0.3 is 0 Å². The maximum atomic E-state index is 12.2. The molecule has 0 aliphatic carbocycles. The zero-order valence-corrected chi connectivity index (χ0v) is 13.5. The molecule has 0 unspecified atom stereocenters. The van der Waals surface area contributed by atoms with Crippen LogP contribution in [0.25, 0.3) is 11.0 Å². The van der Waals surface area contributed by atoms with Crippen LogP contribution >= 0.6 is 34.8 Å². The van der Waals surface area contributed by atoms with Crippen LogP contribution in [0.3, 0.4) is 0 Å². The van der Waals surface area contributed by atoms with Crippen LogP contribution in [0, 0.1) is 0 Å². The molecule has 112 valence electrons. The van der Waals surface area contributed by atoms with Crippen molar-refractivity contribution in [3.8, 4) is 0 Å². The SMILES string of the molecule is O=C(Cn1cnc2ccccc21)Nc1cc(Cl)c(Cl)cc1Cl. The largest absolute Gasteiger partial charge is 0.323 e. The van der Waals surface area contributed by atoms with Crippen LogP contribution < -0.4 is 5.32 Å². The Bertz CT molecular complexity index is 860. The second-order valence-electron chi connectivity index (χ2n) is 4.66. The number of rotatable bonds is 3. The molecule has 2 aromatic carbocycles. The predicted octanol–water partition coefficient (Wildman–Crippen LogP) is 4.64. The maximum Gasteiger partial charge on any atom is 0.244 e. The smallest absolute Gasteiger partial charge is 0.244 e. The first-order valence-electron chi connectivity index (χ1n) is 6.39. The summed E-state index contributed by atoms with van der Waals surface area (Å²) < 4.78 is 1.76.